The van der Waals surface area contributed by atoms with Crippen molar-refractivity contribution in [1.82, 2.24) is 9.47 Å². The molecule has 0 spiro atoms. The first-order valence-electron chi connectivity index (χ1n) is 16.1. The molecule has 1 aliphatic rings. The van der Waals surface area contributed by atoms with Crippen LogP contribution in [0.25, 0.3) is 11.1 Å². The number of likely N-dealkylation sites (tertiary alicyclic amines) is 1. The standard InChI is InChI=1S/C37H45F3N2O4/c1-7-46-35(45)18-27(30-15-28(16-31(39)37(30)40)36-23(4)9-8-10-24(36)5)17-33(43)32(13-22(2)3)42-19-26(25(6)14-34(42)44)11-12-41-20-29(38)21-41/h8-10,14-16,19,22,27,29,32H,7,11-13,17-18,20-21H2,1-6H3/t27-,32?/m0/s1. The Morgan fingerprint density at radius 1 is 1.00 bits per heavy atom. The molecule has 0 bridgehead atoms. The van der Waals surface area contributed by atoms with Crippen LogP contribution in [0.2, 0.25) is 0 Å². The number of hydrogen-bond acceptors (Lipinski definition) is 5. The molecule has 1 unspecified atom stereocenters. The van der Waals surface area contributed by atoms with E-state index in [0.717, 1.165) is 33.9 Å². The Hall–Kier alpha value is -3.72. The van der Waals surface area contributed by atoms with Gasteiger partial charge >= 0.3 is 5.97 Å². The molecule has 3 aromatic rings. The molecule has 0 amide bonds. The highest BCUT2D eigenvalue weighted by atomic mass is 19.2. The molecule has 1 fully saturated rings. The van der Waals surface area contributed by atoms with Crippen molar-refractivity contribution >= 4 is 11.8 Å². The van der Waals surface area contributed by atoms with Crippen molar-refractivity contribution in [3.63, 3.8) is 0 Å². The molecule has 2 heterocycles. The highest BCUT2D eigenvalue weighted by Gasteiger charge is 2.31. The zero-order valence-corrected chi connectivity index (χ0v) is 27.7. The summed E-state index contributed by atoms with van der Waals surface area (Å²) in [5.41, 5.74) is 4.19. The lowest BCUT2D eigenvalue weighted by Crippen LogP contribution is -2.49. The monoisotopic (exact) mass is 638 g/mol. The van der Waals surface area contributed by atoms with Gasteiger partial charge in [-0.15, -0.1) is 0 Å². The van der Waals surface area contributed by atoms with Gasteiger partial charge in [-0.3, -0.25) is 19.3 Å². The number of halogens is 3. The number of rotatable bonds is 14. The third-order valence-electron chi connectivity index (χ3n) is 8.84. The van der Waals surface area contributed by atoms with Crippen molar-refractivity contribution in [2.75, 3.05) is 26.2 Å². The summed E-state index contributed by atoms with van der Waals surface area (Å²) in [5, 5.41) is 0. The van der Waals surface area contributed by atoms with Crippen LogP contribution in [0.1, 0.15) is 79.8 Å². The molecule has 248 valence electrons. The van der Waals surface area contributed by atoms with Crippen LogP contribution in [0.4, 0.5) is 13.2 Å². The summed E-state index contributed by atoms with van der Waals surface area (Å²) >= 11 is 0. The van der Waals surface area contributed by atoms with Crippen LogP contribution < -0.4 is 5.56 Å². The van der Waals surface area contributed by atoms with Crippen LogP contribution >= 0.6 is 0 Å². The van der Waals surface area contributed by atoms with Crippen molar-refractivity contribution in [3.05, 3.63) is 92.4 Å². The number of esters is 1. The molecule has 2 atom stereocenters. The summed E-state index contributed by atoms with van der Waals surface area (Å²) in [6, 6.07) is 8.93. The summed E-state index contributed by atoms with van der Waals surface area (Å²) < 4.78 is 50.8. The van der Waals surface area contributed by atoms with E-state index in [0.29, 0.717) is 38.0 Å². The van der Waals surface area contributed by atoms with Gasteiger partial charge < -0.3 is 9.30 Å². The van der Waals surface area contributed by atoms with E-state index in [9.17, 15) is 18.8 Å². The second-order valence-corrected chi connectivity index (χ2v) is 13.0. The molecule has 2 aromatic carbocycles. The summed E-state index contributed by atoms with van der Waals surface area (Å²) in [5.74, 6) is -4.18. The van der Waals surface area contributed by atoms with Crippen molar-refractivity contribution in [3.8, 4) is 11.1 Å². The van der Waals surface area contributed by atoms with Gasteiger partial charge in [0.2, 0.25) is 0 Å². The van der Waals surface area contributed by atoms with E-state index in [1.165, 1.54) is 16.7 Å². The average Bonchev–Trinajstić information content (AvgIpc) is 2.95. The number of carbonyl (C=O) groups is 2. The predicted molar refractivity (Wildman–Crippen MR) is 174 cm³/mol. The molecule has 6 nitrogen and oxygen atoms in total. The first kappa shape index (κ1) is 35.1. The fraction of sp³-hybridized carbons (Fsp3) is 0.486. The van der Waals surface area contributed by atoms with E-state index in [-0.39, 0.29) is 42.3 Å². The molecule has 4 rings (SSSR count). The minimum absolute atomic E-state index is 0.0261. The van der Waals surface area contributed by atoms with Gasteiger partial charge in [0.15, 0.2) is 17.4 Å². The van der Waals surface area contributed by atoms with Gasteiger partial charge in [-0.1, -0.05) is 32.0 Å². The van der Waals surface area contributed by atoms with E-state index >= 15 is 8.78 Å². The van der Waals surface area contributed by atoms with E-state index in [1.54, 1.807) is 13.1 Å². The van der Waals surface area contributed by atoms with Gasteiger partial charge in [0.25, 0.3) is 5.56 Å². The van der Waals surface area contributed by atoms with Crippen LogP contribution in [-0.4, -0.2) is 53.6 Å². The lowest BCUT2D eigenvalue weighted by Gasteiger charge is -2.34. The van der Waals surface area contributed by atoms with Gasteiger partial charge in [0.1, 0.15) is 6.17 Å². The number of benzene rings is 2. The molecular formula is C37H45F3N2O4. The number of alkyl halides is 1. The molecule has 0 saturated carbocycles. The van der Waals surface area contributed by atoms with Crippen LogP contribution in [0, 0.1) is 38.3 Å². The fourth-order valence-electron chi connectivity index (χ4n) is 6.42. The van der Waals surface area contributed by atoms with Crippen molar-refractivity contribution in [1.29, 1.82) is 0 Å². The SMILES string of the molecule is CCOC(=O)C[C@H](CC(=O)C(CC(C)C)n1cc(CCN2CC(F)C2)c(C)cc1=O)c1cc(-c2c(C)cccc2C)cc(F)c1F. The molecule has 0 N–H and O–H groups in total. The molecule has 46 heavy (non-hydrogen) atoms. The normalized spacial score (nSPS) is 15.1. The number of carbonyl (C=O) groups excluding carboxylic acids is 2. The number of ketones is 1. The van der Waals surface area contributed by atoms with Crippen LogP contribution in [-0.2, 0) is 20.7 Å². The number of pyridine rings is 1. The maximum absolute atomic E-state index is 15.6. The predicted octanol–water partition coefficient (Wildman–Crippen LogP) is 7.20. The number of aryl methyl sites for hydroxylation is 3. The van der Waals surface area contributed by atoms with Gasteiger partial charge in [-0.2, -0.15) is 0 Å². The Labute approximate surface area is 269 Å². The van der Waals surface area contributed by atoms with E-state index < -0.39 is 35.7 Å². The molecule has 0 radical (unpaired) electrons. The van der Waals surface area contributed by atoms with Gasteiger partial charge in [-0.25, -0.2) is 13.2 Å². The lowest BCUT2D eigenvalue weighted by atomic mass is 9.84. The van der Waals surface area contributed by atoms with Crippen LogP contribution in [0.5, 0.6) is 0 Å². The van der Waals surface area contributed by atoms with E-state index in [4.69, 9.17) is 4.74 Å². The Kier molecular flexibility index (Phi) is 11.6. The molecule has 9 heteroatoms. The number of Topliss-reactive ketones (excluding diaryl/α,β-unsaturated/α-hetero) is 1. The Bertz CT molecular complexity index is 1610. The molecule has 1 aromatic heterocycles. The van der Waals surface area contributed by atoms with Crippen molar-refractivity contribution < 1.29 is 27.5 Å². The molecule has 1 aliphatic heterocycles. The number of ether oxygens (including phenoxy) is 1. The largest absolute Gasteiger partial charge is 0.466 e. The first-order valence-corrected chi connectivity index (χ1v) is 16.1. The molecular weight excluding hydrogens is 593 g/mol. The Morgan fingerprint density at radius 3 is 2.28 bits per heavy atom. The van der Waals surface area contributed by atoms with Crippen molar-refractivity contribution in [2.24, 2.45) is 5.92 Å². The minimum atomic E-state index is -1.12. The Balaban J connectivity index is 1.73. The second kappa shape index (κ2) is 15.2. The number of nitrogens with zero attached hydrogens (tertiary/aromatic N) is 2. The Morgan fingerprint density at radius 2 is 1.67 bits per heavy atom. The summed E-state index contributed by atoms with van der Waals surface area (Å²) in [4.78, 5) is 42.3. The maximum atomic E-state index is 15.6. The zero-order chi connectivity index (χ0) is 33.7. The molecule has 0 aliphatic carbocycles. The average molecular weight is 639 g/mol. The highest BCUT2D eigenvalue weighted by Crippen LogP contribution is 2.36. The fourth-order valence-corrected chi connectivity index (χ4v) is 6.42. The van der Waals surface area contributed by atoms with E-state index in [2.05, 4.69) is 0 Å². The van der Waals surface area contributed by atoms with Gasteiger partial charge in [-0.05, 0) is 97.5 Å². The van der Waals surface area contributed by atoms with Crippen LogP contribution in [0.3, 0.4) is 0 Å². The lowest BCUT2D eigenvalue weighted by molar-refractivity contribution is -0.143. The topological polar surface area (TPSA) is 68.6 Å². The minimum Gasteiger partial charge on any atom is -0.466 e. The van der Waals surface area contributed by atoms with Crippen LogP contribution in [0.15, 0.2) is 47.4 Å². The quantitative estimate of drug-likeness (QED) is 0.175. The second-order valence-electron chi connectivity index (χ2n) is 13.0. The van der Waals surface area contributed by atoms with Gasteiger partial charge in [0, 0.05) is 44.2 Å². The summed E-state index contributed by atoms with van der Waals surface area (Å²) in [6.07, 6.45) is 1.18. The van der Waals surface area contributed by atoms with Crippen molar-refractivity contribution in [2.45, 2.75) is 85.4 Å². The molecule has 1 saturated heterocycles. The number of hydrogen-bond donors (Lipinski definition) is 0. The third kappa shape index (κ3) is 8.35. The number of aromatic nitrogens is 1. The third-order valence-corrected chi connectivity index (χ3v) is 8.84. The van der Waals surface area contributed by atoms with E-state index in [1.807, 2.05) is 57.7 Å². The zero-order valence-electron chi connectivity index (χ0n) is 27.7. The highest BCUT2D eigenvalue weighted by molar-refractivity contribution is 5.84. The summed E-state index contributed by atoms with van der Waals surface area (Å²) in [6.45, 7) is 12.6. The van der Waals surface area contributed by atoms with Gasteiger partial charge in [0.05, 0.1) is 19.1 Å². The summed E-state index contributed by atoms with van der Waals surface area (Å²) in [7, 11) is 0. The first-order chi connectivity index (χ1) is 21.8. The smallest absolute Gasteiger partial charge is 0.306 e. The maximum Gasteiger partial charge on any atom is 0.306 e.